The fraction of sp³-hybridized carbons (Fsp3) is 0.500. The van der Waals surface area contributed by atoms with Crippen LogP contribution in [0.3, 0.4) is 0 Å². The first-order valence-electron chi connectivity index (χ1n) is 4.14. The Morgan fingerprint density at radius 3 is 2.77 bits per heavy atom. The molecule has 0 fully saturated rings. The van der Waals surface area contributed by atoms with E-state index in [9.17, 15) is 4.79 Å². The molecule has 0 radical (unpaired) electrons. The smallest absolute Gasteiger partial charge is 0.343 e. The summed E-state index contributed by atoms with van der Waals surface area (Å²) < 4.78 is 5.08. The fourth-order valence-electron chi connectivity index (χ4n) is 1.09. The van der Waals surface area contributed by atoms with Gasteiger partial charge in [0.05, 0.1) is 12.3 Å². The monoisotopic (exact) mass is 184 g/mol. The number of nitrogens with zero attached hydrogens (tertiary/aromatic N) is 1. The number of nitrogens with one attached hydrogen (secondary N) is 1. The van der Waals surface area contributed by atoms with E-state index in [1.54, 1.807) is 6.92 Å². The number of H-pyrrole nitrogens is 1. The van der Waals surface area contributed by atoms with Crippen molar-refractivity contribution in [3.05, 3.63) is 11.3 Å². The van der Waals surface area contributed by atoms with E-state index < -0.39 is 5.97 Å². The maximum absolute atomic E-state index is 10.8. The third-order valence-corrected chi connectivity index (χ3v) is 1.65. The van der Waals surface area contributed by atoms with Crippen LogP contribution >= 0.6 is 0 Å². The molecule has 0 aliphatic rings. The Bertz CT molecular complexity index is 306. The minimum atomic E-state index is -1.01. The number of rotatable bonds is 4. The van der Waals surface area contributed by atoms with Crippen molar-refractivity contribution in [1.29, 1.82) is 0 Å². The van der Waals surface area contributed by atoms with Crippen molar-refractivity contribution < 1.29 is 14.6 Å². The Kier molecular flexibility index (Phi) is 2.89. The molecule has 0 aromatic carbocycles. The van der Waals surface area contributed by atoms with Gasteiger partial charge >= 0.3 is 5.97 Å². The number of aromatic nitrogens is 2. The SMILES string of the molecule is CCOc1[nH]nc(CC)c1C(=O)O. The quantitative estimate of drug-likeness (QED) is 0.733. The first-order chi connectivity index (χ1) is 6.20. The lowest BCUT2D eigenvalue weighted by Crippen LogP contribution is -2.03. The Morgan fingerprint density at radius 2 is 2.31 bits per heavy atom. The van der Waals surface area contributed by atoms with Crippen LogP contribution in [-0.4, -0.2) is 27.9 Å². The van der Waals surface area contributed by atoms with E-state index in [4.69, 9.17) is 9.84 Å². The molecule has 5 nitrogen and oxygen atoms in total. The highest BCUT2D eigenvalue weighted by Crippen LogP contribution is 2.19. The van der Waals surface area contributed by atoms with Gasteiger partial charge in [0.15, 0.2) is 0 Å². The average Bonchev–Trinajstić information content (AvgIpc) is 2.48. The highest BCUT2D eigenvalue weighted by molar-refractivity contribution is 5.91. The Labute approximate surface area is 75.7 Å². The largest absolute Gasteiger partial charge is 0.478 e. The summed E-state index contributed by atoms with van der Waals surface area (Å²) in [6, 6.07) is 0. The van der Waals surface area contributed by atoms with Crippen LogP contribution in [0.1, 0.15) is 29.9 Å². The van der Waals surface area contributed by atoms with Gasteiger partial charge in [0.2, 0.25) is 5.88 Å². The van der Waals surface area contributed by atoms with Gasteiger partial charge in [0, 0.05) is 0 Å². The lowest BCUT2D eigenvalue weighted by atomic mass is 10.2. The van der Waals surface area contributed by atoms with Crippen LogP contribution in [-0.2, 0) is 6.42 Å². The average molecular weight is 184 g/mol. The number of aromatic amines is 1. The van der Waals surface area contributed by atoms with Crippen molar-refractivity contribution in [3.8, 4) is 5.88 Å². The van der Waals surface area contributed by atoms with Crippen LogP contribution < -0.4 is 4.74 Å². The summed E-state index contributed by atoms with van der Waals surface area (Å²) in [7, 11) is 0. The molecule has 0 saturated carbocycles. The van der Waals surface area contributed by atoms with E-state index in [1.165, 1.54) is 0 Å². The number of aromatic carboxylic acids is 1. The number of aryl methyl sites for hydroxylation is 1. The van der Waals surface area contributed by atoms with Gasteiger partial charge in [-0.1, -0.05) is 6.92 Å². The summed E-state index contributed by atoms with van der Waals surface area (Å²) in [6.45, 7) is 4.06. The number of carbonyl (C=O) groups is 1. The topological polar surface area (TPSA) is 75.2 Å². The molecule has 1 aromatic rings. The third kappa shape index (κ3) is 1.80. The van der Waals surface area contributed by atoms with Gasteiger partial charge < -0.3 is 9.84 Å². The number of ether oxygens (including phenoxy) is 1. The third-order valence-electron chi connectivity index (χ3n) is 1.65. The van der Waals surface area contributed by atoms with Crippen LogP contribution in [0.5, 0.6) is 5.88 Å². The molecule has 72 valence electrons. The molecule has 1 heterocycles. The molecule has 1 rings (SSSR count). The predicted molar refractivity (Wildman–Crippen MR) is 46.1 cm³/mol. The highest BCUT2D eigenvalue weighted by Gasteiger charge is 2.19. The number of hydrogen-bond donors (Lipinski definition) is 2. The minimum absolute atomic E-state index is 0.143. The molecule has 13 heavy (non-hydrogen) atoms. The van der Waals surface area contributed by atoms with E-state index in [-0.39, 0.29) is 11.4 Å². The van der Waals surface area contributed by atoms with Gasteiger partial charge in [-0.15, -0.1) is 0 Å². The van der Waals surface area contributed by atoms with Gasteiger partial charge in [0.25, 0.3) is 0 Å². The van der Waals surface area contributed by atoms with Crippen molar-refractivity contribution in [2.75, 3.05) is 6.61 Å². The predicted octanol–water partition coefficient (Wildman–Crippen LogP) is 1.07. The Hall–Kier alpha value is -1.52. The van der Waals surface area contributed by atoms with Crippen LogP contribution in [0.2, 0.25) is 0 Å². The van der Waals surface area contributed by atoms with Gasteiger partial charge in [-0.2, -0.15) is 5.10 Å². The molecule has 0 aliphatic heterocycles. The Morgan fingerprint density at radius 1 is 1.62 bits per heavy atom. The minimum Gasteiger partial charge on any atom is -0.478 e. The van der Waals surface area contributed by atoms with Gasteiger partial charge in [0.1, 0.15) is 5.56 Å². The maximum atomic E-state index is 10.8. The second kappa shape index (κ2) is 3.93. The van der Waals surface area contributed by atoms with E-state index >= 15 is 0 Å². The fourth-order valence-corrected chi connectivity index (χ4v) is 1.09. The van der Waals surface area contributed by atoms with Crippen molar-refractivity contribution >= 4 is 5.97 Å². The van der Waals surface area contributed by atoms with Crippen molar-refractivity contribution in [2.24, 2.45) is 0 Å². The summed E-state index contributed by atoms with van der Waals surface area (Å²) in [6.07, 6.45) is 0.575. The zero-order valence-electron chi connectivity index (χ0n) is 7.63. The van der Waals surface area contributed by atoms with Gasteiger partial charge in [-0.05, 0) is 13.3 Å². The van der Waals surface area contributed by atoms with E-state index in [0.717, 1.165) is 0 Å². The molecule has 0 atom stereocenters. The number of carboxylic acids is 1. The molecule has 0 amide bonds. The molecule has 2 N–H and O–H groups in total. The van der Waals surface area contributed by atoms with Crippen LogP contribution in [0.4, 0.5) is 0 Å². The van der Waals surface area contributed by atoms with Crippen LogP contribution in [0, 0.1) is 0 Å². The van der Waals surface area contributed by atoms with E-state index in [0.29, 0.717) is 18.7 Å². The zero-order valence-corrected chi connectivity index (χ0v) is 7.63. The maximum Gasteiger partial charge on any atom is 0.343 e. The second-order valence-electron chi connectivity index (χ2n) is 2.47. The molecule has 1 aromatic heterocycles. The normalized spacial score (nSPS) is 10.0. The number of hydrogen-bond acceptors (Lipinski definition) is 3. The molecule has 0 saturated heterocycles. The molecule has 0 bridgehead atoms. The molecule has 0 spiro atoms. The van der Waals surface area contributed by atoms with Gasteiger partial charge in [-0.3, -0.25) is 0 Å². The van der Waals surface area contributed by atoms with E-state index in [2.05, 4.69) is 10.2 Å². The highest BCUT2D eigenvalue weighted by atomic mass is 16.5. The molecule has 0 unspecified atom stereocenters. The lowest BCUT2D eigenvalue weighted by Gasteiger charge is -1.99. The number of carboxylic acid groups (broad SMARTS) is 1. The van der Waals surface area contributed by atoms with E-state index in [1.807, 2.05) is 6.92 Å². The summed E-state index contributed by atoms with van der Waals surface area (Å²) in [4.78, 5) is 10.8. The molecular weight excluding hydrogens is 172 g/mol. The van der Waals surface area contributed by atoms with Crippen LogP contribution in [0.25, 0.3) is 0 Å². The second-order valence-corrected chi connectivity index (χ2v) is 2.47. The standard InChI is InChI=1S/C8H12N2O3/c1-3-5-6(8(11)12)7(10-9-5)13-4-2/h3-4H2,1-2H3,(H,9,10)(H,11,12). The van der Waals surface area contributed by atoms with Gasteiger partial charge in [-0.25, -0.2) is 9.89 Å². The molecular formula is C8H12N2O3. The Balaban J connectivity index is 3.06. The lowest BCUT2D eigenvalue weighted by molar-refractivity contribution is 0.0691. The van der Waals surface area contributed by atoms with Crippen molar-refractivity contribution in [3.63, 3.8) is 0 Å². The molecule has 0 aliphatic carbocycles. The summed E-state index contributed by atoms with van der Waals surface area (Å²) in [5.74, 6) is -0.763. The summed E-state index contributed by atoms with van der Waals surface area (Å²) in [5.41, 5.74) is 0.667. The van der Waals surface area contributed by atoms with Crippen molar-refractivity contribution in [1.82, 2.24) is 10.2 Å². The molecule has 5 heteroatoms. The van der Waals surface area contributed by atoms with Crippen LogP contribution in [0.15, 0.2) is 0 Å². The summed E-state index contributed by atoms with van der Waals surface area (Å²) >= 11 is 0. The first-order valence-corrected chi connectivity index (χ1v) is 4.14. The zero-order chi connectivity index (χ0) is 9.84. The van der Waals surface area contributed by atoms with Crippen molar-refractivity contribution in [2.45, 2.75) is 20.3 Å². The summed E-state index contributed by atoms with van der Waals surface area (Å²) in [5, 5.41) is 15.3. The first kappa shape index (κ1) is 9.57.